The van der Waals surface area contributed by atoms with Gasteiger partial charge in [-0.25, -0.2) is 0 Å². The number of nitrogens with one attached hydrogen (secondary N) is 1. The predicted octanol–water partition coefficient (Wildman–Crippen LogP) is 1.99. The van der Waals surface area contributed by atoms with Crippen molar-refractivity contribution in [3.8, 4) is 0 Å². The molecule has 2 fully saturated rings. The second-order valence-electron chi connectivity index (χ2n) is 5.71. The van der Waals surface area contributed by atoms with E-state index in [4.69, 9.17) is 4.74 Å². The zero-order valence-electron chi connectivity index (χ0n) is 12.0. The Kier molecular flexibility index (Phi) is 4.03. The second-order valence-corrected chi connectivity index (χ2v) is 5.71. The fourth-order valence-corrected chi connectivity index (χ4v) is 3.09. The van der Waals surface area contributed by atoms with Gasteiger partial charge in [-0.05, 0) is 31.7 Å². The minimum absolute atomic E-state index is 0.0174. The van der Waals surface area contributed by atoms with Gasteiger partial charge in [-0.1, -0.05) is 29.8 Å². The highest BCUT2D eigenvalue weighted by atomic mass is 16.5. The van der Waals surface area contributed by atoms with Crippen molar-refractivity contribution in [2.24, 2.45) is 0 Å². The number of carbonyl (C=O) groups excluding carboxylic acids is 1. The molecule has 2 atom stereocenters. The molecule has 108 valence electrons. The number of carbonyl (C=O) groups is 1. The molecule has 0 bridgehead atoms. The van der Waals surface area contributed by atoms with Crippen molar-refractivity contribution >= 4 is 5.91 Å². The maximum absolute atomic E-state index is 12.1. The molecule has 0 aliphatic carbocycles. The quantitative estimate of drug-likeness (QED) is 0.913. The fraction of sp³-hybridized carbons (Fsp3) is 0.562. The molecular weight excluding hydrogens is 252 g/mol. The van der Waals surface area contributed by atoms with Crippen molar-refractivity contribution in [2.45, 2.75) is 38.5 Å². The Hall–Kier alpha value is -1.39. The van der Waals surface area contributed by atoms with E-state index in [2.05, 4.69) is 30.4 Å². The number of hydrogen-bond donors (Lipinski definition) is 1. The number of benzene rings is 1. The molecule has 0 spiro atoms. The van der Waals surface area contributed by atoms with Gasteiger partial charge in [0.15, 0.2) is 0 Å². The van der Waals surface area contributed by atoms with E-state index in [1.807, 2.05) is 11.0 Å². The van der Waals surface area contributed by atoms with Gasteiger partial charge < -0.3 is 9.64 Å². The summed E-state index contributed by atoms with van der Waals surface area (Å²) in [5.74, 6) is 0.189. The molecule has 2 heterocycles. The van der Waals surface area contributed by atoms with Gasteiger partial charge in [0.25, 0.3) is 0 Å². The number of hydrogen-bond acceptors (Lipinski definition) is 3. The average molecular weight is 274 g/mol. The summed E-state index contributed by atoms with van der Waals surface area (Å²) in [7, 11) is 0. The first-order valence-corrected chi connectivity index (χ1v) is 7.45. The molecule has 20 heavy (non-hydrogen) atoms. The van der Waals surface area contributed by atoms with Crippen LogP contribution in [0.3, 0.4) is 0 Å². The molecule has 1 aromatic rings. The summed E-state index contributed by atoms with van der Waals surface area (Å²) in [6.07, 6.45) is 3.57. The van der Waals surface area contributed by atoms with E-state index in [0.29, 0.717) is 12.6 Å². The van der Waals surface area contributed by atoms with Crippen molar-refractivity contribution in [3.05, 3.63) is 35.4 Å². The fourth-order valence-electron chi connectivity index (χ4n) is 3.09. The zero-order chi connectivity index (χ0) is 13.9. The smallest absolute Gasteiger partial charge is 0.238 e. The number of aryl methyl sites for hydroxylation is 1. The molecule has 0 radical (unpaired) electrons. The van der Waals surface area contributed by atoms with E-state index >= 15 is 0 Å². The second kappa shape index (κ2) is 5.94. The summed E-state index contributed by atoms with van der Waals surface area (Å²) >= 11 is 0. The highest BCUT2D eigenvalue weighted by Crippen LogP contribution is 2.25. The first kappa shape index (κ1) is 13.6. The molecule has 1 aromatic carbocycles. The average Bonchev–Trinajstić information content (AvgIpc) is 3.06. The van der Waals surface area contributed by atoms with Crippen molar-refractivity contribution < 1.29 is 9.53 Å². The van der Waals surface area contributed by atoms with Gasteiger partial charge >= 0.3 is 0 Å². The Labute approximate surface area is 120 Å². The van der Waals surface area contributed by atoms with Crippen LogP contribution in [-0.4, -0.2) is 36.6 Å². The minimum Gasteiger partial charge on any atom is -0.378 e. The van der Waals surface area contributed by atoms with Gasteiger partial charge in [0.2, 0.25) is 5.91 Å². The lowest BCUT2D eigenvalue weighted by molar-refractivity contribution is -0.128. The lowest BCUT2D eigenvalue weighted by Crippen LogP contribution is -2.32. The van der Waals surface area contributed by atoms with Crippen LogP contribution in [0, 0.1) is 6.92 Å². The van der Waals surface area contributed by atoms with E-state index in [9.17, 15) is 4.79 Å². The first-order valence-electron chi connectivity index (χ1n) is 7.45. The molecule has 0 aromatic heterocycles. The standard InChI is InChI=1S/C16H22N2O2/c1-12-4-2-5-13(10-12)16-17-11-15(19)18(16)8-7-14-6-3-9-20-14/h2,4-5,10,14,16-17H,3,6-9,11H2,1H3. The van der Waals surface area contributed by atoms with Crippen molar-refractivity contribution in [3.63, 3.8) is 0 Å². The summed E-state index contributed by atoms with van der Waals surface area (Å²) in [6, 6.07) is 8.36. The van der Waals surface area contributed by atoms with Crippen LogP contribution in [0.25, 0.3) is 0 Å². The Bertz CT molecular complexity index is 483. The highest BCUT2D eigenvalue weighted by molar-refractivity contribution is 5.80. The first-order chi connectivity index (χ1) is 9.74. The summed E-state index contributed by atoms with van der Waals surface area (Å²) in [5.41, 5.74) is 2.39. The van der Waals surface area contributed by atoms with Crippen LogP contribution in [0.4, 0.5) is 0 Å². The molecular formula is C16H22N2O2. The van der Waals surface area contributed by atoms with E-state index in [1.54, 1.807) is 0 Å². The molecule has 2 saturated heterocycles. The minimum atomic E-state index is 0.0174. The molecule has 1 amide bonds. The predicted molar refractivity (Wildman–Crippen MR) is 77.2 cm³/mol. The van der Waals surface area contributed by atoms with Crippen molar-refractivity contribution in [1.29, 1.82) is 0 Å². The van der Waals surface area contributed by atoms with Gasteiger partial charge in [0.1, 0.15) is 6.17 Å². The van der Waals surface area contributed by atoms with Gasteiger partial charge in [-0.15, -0.1) is 0 Å². The number of ether oxygens (including phenoxy) is 1. The monoisotopic (exact) mass is 274 g/mol. The van der Waals surface area contributed by atoms with Gasteiger partial charge in [0, 0.05) is 13.2 Å². The topological polar surface area (TPSA) is 41.6 Å². The van der Waals surface area contributed by atoms with Crippen LogP contribution in [-0.2, 0) is 9.53 Å². The third-order valence-corrected chi connectivity index (χ3v) is 4.15. The van der Waals surface area contributed by atoms with E-state index in [1.165, 1.54) is 11.1 Å². The van der Waals surface area contributed by atoms with E-state index in [-0.39, 0.29) is 12.1 Å². The van der Waals surface area contributed by atoms with Gasteiger partial charge in [0.05, 0.1) is 12.6 Å². The van der Waals surface area contributed by atoms with Gasteiger partial charge in [-0.3, -0.25) is 10.1 Å². The van der Waals surface area contributed by atoms with Crippen LogP contribution in [0.5, 0.6) is 0 Å². The third kappa shape index (κ3) is 2.86. The molecule has 2 aliphatic rings. The van der Waals surface area contributed by atoms with Crippen molar-refractivity contribution in [2.75, 3.05) is 19.7 Å². The number of rotatable bonds is 4. The summed E-state index contributed by atoms with van der Waals surface area (Å²) in [4.78, 5) is 14.0. The zero-order valence-corrected chi connectivity index (χ0v) is 12.0. The third-order valence-electron chi connectivity index (χ3n) is 4.15. The molecule has 2 unspecified atom stereocenters. The lowest BCUT2D eigenvalue weighted by Gasteiger charge is -2.26. The maximum Gasteiger partial charge on any atom is 0.238 e. The van der Waals surface area contributed by atoms with E-state index in [0.717, 1.165) is 32.4 Å². The van der Waals surface area contributed by atoms with Crippen molar-refractivity contribution in [1.82, 2.24) is 10.2 Å². The molecule has 0 saturated carbocycles. The van der Waals surface area contributed by atoms with Gasteiger partial charge in [-0.2, -0.15) is 0 Å². The Morgan fingerprint density at radius 1 is 1.45 bits per heavy atom. The van der Waals surface area contributed by atoms with Crippen LogP contribution in [0.15, 0.2) is 24.3 Å². The highest BCUT2D eigenvalue weighted by Gasteiger charge is 2.32. The SMILES string of the molecule is Cc1cccc(C2NCC(=O)N2CCC2CCCO2)c1. The van der Waals surface area contributed by atoms with Crippen LogP contribution in [0.2, 0.25) is 0 Å². The normalized spacial score (nSPS) is 26.4. The molecule has 4 nitrogen and oxygen atoms in total. The molecule has 3 rings (SSSR count). The van der Waals surface area contributed by atoms with Crippen LogP contribution < -0.4 is 5.32 Å². The summed E-state index contributed by atoms with van der Waals surface area (Å²) in [5, 5.41) is 3.31. The Balaban J connectivity index is 1.68. The summed E-state index contributed by atoms with van der Waals surface area (Å²) < 4.78 is 5.65. The summed E-state index contributed by atoms with van der Waals surface area (Å²) in [6.45, 7) is 4.16. The van der Waals surface area contributed by atoms with E-state index < -0.39 is 0 Å². The number of amides is 1. The van der Waals surface area contributed by atoms with Crippen LogP contribution in [0.1, 0.15) is 36.6 Å². The molecule has 1 N–H and O–H groups in total. The van der Waals surface area contributed by atoms with Crippen LogP contribution >= 0.6 is 0 Å². The Morgan fingerprint density at radius 2 is 2.35 bits per heavy atom. The molecule has 4 heteroatoms. The maximum atomic E-state index is 12.1. The Morgan fingerprint density at radius 3 is 3.10 bits per heavy atom. The molecule has 2 aliphatic heterocycles. The largest absolute Gasteiger partial charge is 0.378 e. The number of nitrogens with zero attached hydrogens (tertiary/aromatic N) is 1. The lowest BCUT2D eigenvalue weighted by atomic mass is 10.1.